The topological polar surface area (TPSA) is 37.3 Å². The molecule has 3 rings (SSSR count). The van der Waals surface area contributed by atoms with Crippen molar-refractivity contribution in [2.75, 3.05) is 0 Å². The Kier molecular flexibility index (Phi) is 5.76. The van der Waals surface area contributed by atoms with Crippen molar-refractivity contribution in [3.63, 3.8) is 0 Å². The molecule has 2 aromatic carbocycles. The predicted molar refractivity (Wildman–Crippen MR) is 103 cm³/mol. The highest BCUT2D eigenvalue weighted by Gasteiger charge is 2.28. The summed E-state index contributed by atoms with van der Waals surface area (Å²) in [6.45, 7) is 0. The quantitative estimate of drug-likeness (QED) is 0.553. The van der Waals surface area contributed by atoms with Crippen LogP contribution in [0.1, 0.15) is 30.4 Å². The van der Waals surface area contributed by atoms with Crippen LogP contribution in [-0.4, -0.2) is 4.89 Å². The Morgan fingerprint density at radius 1 is 0.917 bits per heavy atom. The summed E-state index contributed by atoms with van der Waals surface area (Å²) in [6, 6.07) is 4.93. The first-order valence-electron chi connectivity index (χ1n) is 7.56. The van der Waals surface area contributed by atoms with Gasteiger partial charge >= 0.3 is 8.03 Å². The first-order valence-corrected chi connectivity index (χ1v) is 10.3. The van der Waals surface area contributed by atoms with Gasteiger partial charge in [0.15, 0.2) is 0 Å². The molecule has 0 saturated heterocycles. The van der Waals surface area contributed by atoms with Crippen LogP contribution in [0.5, 0.6) is 0 Å². The summed E-state index contributed by atoms with van der Waals surface area (Å²) in [4.78, 5) is 9.46. The SMILES string of the molecule is O=[P+](O)c1ccc(Cl)c(-c2cc3c(Cl)c(c2Cl)CCCCC3)c1Cl. The summed E-state index contributed by atoms with van der Waals surface area (Å²) in [5.41, 5.74) is 3.06. The van der Waals surface area contributed by atoms with Gasteiger partial charge < -0.3 is 0 Å². The molecule has 0 aliphatic heterocycles. The predicted octanol–water partition coefficient (Wildman–Crippen LogP) is 6.60. The Labute approximate surface area is 161 Å². The van der Waals surface area contributed by atoms with Crippen LogP contribution in [0.25, 0.3) is 11.1 Å². The maximum Gasteiger partial charge on any atom is 0.547 e. The second-order valence-corrected chi connectivity index (χ2v) is 8.35. The number of fused-ring (bicyclic) bond motifs is 2. The second kappa shape index (κ2) is 7.50. The first kappa shape index (κ1) is 18.5. The molecular weight excluding hydrogens is 409 g/mol. The molecule has 2 bridgehead atoms. The van der Waals surface area contributed by atoms with Crippen LogP contribution in [-0.2, 0) is 17.4 Å². The normalized spacial score (nSPS) is 15.0. The lowest BCUT2D eigenvalue weighted by molar-refractivity contribution is 0.513. The number of rotatable bonds is 2. The van der Waals surface area contributed by atoms with Crippen molar-refractivity contribution < 1.29 is 9.46 Å². The van der Waals surface area contributed by atoms with E-state index in [2.05, 4.69) is 0 Å². The van der Waals surface area contributed by atoms with Gasteiger partial charge in [-0.05, 0) is 59.6 Å². The lowest BCUT2D eigenvalue weighted by Crippen LogP contribution is -2.04. The zero-order chi connectivity index (χ0) is 17.4. The number of aryl methyl sites for hydroxylation is 1. The van der Waals surface area contributed by atoms with Crippen LogP contribution < -0.4 is 5.30 Å². The molecule has 1 unspecified atom stereocenters. The molecule has 1 aliphatic rings. The molecular formula is C17H14Cl4O2P+. The van der Waals surface area contributed by atoms with Gasteiger partial charge in [0.1, 0.15) is 5.02 Å². The molecule has 0 spiro atoms. The lowest BCUT2D eigenvalue weighted by Gasteiger charge is -2.19. The van der Waals surface area contributed by atoms with Crippen molar-refractivity contribution >= 4 is 59.7 Å². The minimum absolute atomic E-state index is 0.146. The van der Waals surface area contributed by atoms with Crippen molar-refractivity contribution in [3.8, 4) is 11.1 Å². The number of hydrogen-bond acceptors (Lipinski definition) is 1. The number of hydrogen-bond donors (Lipinski definition) is 1. The molecule has 1 atom stereocenters. The van der Waals surface area contributed by atoms with Gasteiger partial charge in [-0.1, -0.05) is 52.8 Å². The molecule has 0 aromatic heterocycles. The largest absolute Gasteiger partial charge is 0.547 e. The van der Waals surface area contributed by atoms with Gasteiger partial charge in [0.2, 0.25) is 5.30 Å². The van der Waals surface area contributed by atoms with E-state index in [1.165, 1.54) is 6.07 Å². The summed E-state index contributed by atoms with van der Waals surface area (Å²) >= 11 is 25.8. The van der Waals surface area contributed by atoms with Crippen LogP contribution in [0.15, 0.2) is 18.2 Å². The molecule has 2 nitrogen and oxygen atoms in total. The summed E-state index contributed by atoms with van der Waals surface area (Å²) in [5, 5.41) is 1.91. The van der Waals surface area contributed by atoms with Gasteiger partial charge in [-0.15, -0.1) is 0 Å². The van der Waals surface area contributed by atoms with Gasteiger partial charge in [-0.2, -0.15) is 4.89 Å². The van der Waals surface area contributed by atoms with Crippen LogP contribution in [0, 0.1) is 0 Å². The number of benzene rings is 2. The highest BCUT2D eigenvalue weighted by Crippen LogP contribution is 2.45. The third-order valence-corrected chi connectivity index (χ3v) is 6.81. The molecule has 7 heteroatoms. The zero-order valence-corrected chi connectivity index (χ0v) is 16.5. The van der Waals surface area contributed by atoms with E-state index < -0.39 is 8.03 Å². The fourth-order valence-electron chi connectivity index (χ4n) is 3.07. The van der Waals surface area contributed by atoms with Gasteiger partial charge in [0.25, 0.3) is 0 Å². The monoisotopic (exact) mass is 421 g/mol. The van der Waals surface area contributed by atoms with Gasteiger partial charge in [0.05, 0.1) is 10.0 Å². The van der Waals surface area contributed by atoms with E-state index >= 15 is 0 Å². The highest BCUT2D eigenvalue weighted by molar-refractivity contribution is 7.47. The van der Waals surface area contributed by atoms with Crippen LogP contribution in [0.4, 0.5) is 0 Å². The molecule has 0 saturated carbocycles. The molecule has 0 radical (unpaired) electrons. The molecule has 1 aliphatic carbocycles. The van der Waals surface area contributed by atoms with Crippen molar-refractivity contribution in [3.05, 3.63) is 49.4 Å². The van der Waals surface area contributed by atoms with Crippen molar-refractivity contribution in [2.45, 2.75) is 32.1 Å². The van der Waals surface area contributed by atoms with E-state index in [1.54, 1.807) is 6.07 Å². The third-order valence-electron chi connectivity index (χ3n) is 4.29. The molecule has 2 aromatic rings. The van der Waals surface area contributed by atoms with Crippen LogP contribution in [0.2, 0.25) is 20.1 Å². The lowest BCUT2D eigenvalue weighted by atomic mass is 9.92. The van der Waals surface area contributed by atoms with Gasteiger partial charge in [-0.3, -0.25) is 0 Å². The molecule has 24 heavy (non-hydrogen) atoms. The Morgan fingerprint density at radius 3 is 2.33 bits per heavy atom. The molecule has 0 heterocycles. The van der Waals surface area contributed by atoms with Crippen molar-refractivity contribution in [1.82, 2.24) is 0 Å². The van der Waals surface area contributed by atoms with E-state index in [0.717, 1.165) is 43.2 Å². The fourth-order valence-corrected chi connectivity index (χ4v) is 5.06. The van der Waals surface area contributed by atoms with E-state index in [0.29, 0.717) is 26.2 Å². The standard InChI is InChI=1S/C17H13Cl4O2P/c18-12-6-7-13(24(22)23)17(21)14(12)11-8-9-4-2-1-3-5-10(15(9)19)16(11)20/h6-8H,1-5H2/p+1. The van der Waals surface area contributed by atoms with E-state index in [1.807, 2.05) is 6.07 Å². The average molecular weight is 423 g/mol. The second-order valence-electron chi connectivity index (χ2n) is 5.78. The Hall–Kier alpha value is -0.340. The summed E-state index contributed by atoms with van der Waals surface area (Å²) in [5.74, 6) is 0. The third kappa shape index (κ3) is 3.33. The Morgan fingerprint density at radius 2 is 1.62 bits per heavy atom. The maximum absolute atomic E-state index is 11.5. The van der Waals surface area contributed by atoms with Crippen LogP contribution >= 0.6 is 54.4 Å². The van der Waals surface area contributed by atoms with Crippen LogP contribution in [0.3, 0.4) is 0 Å². The summed E-state index contributed by atoms with van der Waals surface area (Å²) < 4.78 is 11.5. The summed E-state index contributed by atoms with van der Waals surface area (Å²) in [7, 11) is -2.58. The maximum atomic E-state index is 11.5. The smallest absolute Gasteiger partial charge is 0.156 e. The minimum Gasteiger partial charge on any atom is -0.156 e. The summed E-state index contributed by atoms with van der Waals surface area (Å²) in [6.07, 6.45) is 4.87. The van der Waals surface area contributed by atoms with Crippen molar-refractivity contribution in [2.24, 2.45) is 0 Å². The Bertz CT molecular complexity index is 836. The van der Waals surface area contributed by atoms with E-state index in [4.69, 9.17) is 46.4 Å². The molecule has 0 fully saturated rings. The van der Waals surface area contributed by atoms with E-state index in [9.17, 15) is 9.46 Å². The molecule has 0 amide bonds. The molecule has 126 valence electrons. The fraction of sp³-hybridized carbons (Fsp3) is 0.294. The zero-order valence-electron chi connectivity index (χ0n) is 12.6. The number of halogens is 4. The average Bonchev–Trinajstić information content (AvgIpc) is 2.51. The Balaban J connectivity index is 2.30. The van der Waals surface area contributed by atoms with Gasteiger partial charge in [0, 0.05) is 16.1 Å². The first-order chi connectivity index (χ1) is 11.4. The highest BCUT2D eigenvalue weighted by atomic mass is 35.5. The van der Waals surface area contributed by atoms with Crippen molar-refractivity contribution in [1.29, 1.82) is 0 Å². The minimum atomic E-state index is -2.58. The van der Waals surface area contributed by atoms with Gasteiger partial charge in [-0.25, -0.2) is 0 Å². The molecule has 1 N–H and O–H groups in total. The van der Waals surface area contributed by atoms with E-state index in [-0.39, 0.29) is 10.3 Å².